The lowest BCUT2D eigenvalue weighted by Gasteiger charge is -2.24. The summed E-state index contributed by atoms with van der Waals surface area (Å²) >= 11 is 0. The molecule has 4 nitrogen and oxygen atoms in total. The molecule has 2 fully saturated rings. The van der Waals surface area contributed by atoms with Crippen molar-refractivity contribution in [2.45, 2.75) is 52.1 Å². The van der Waals surface area contributed by atoms with E-state index in [-0.39, 0.29) is 6.09 Å². The molecule has 0 aromatic carbocycles. The summed E-state index contributed by atoms with van der Waals surface area (Å²) in [5.41, 5.74) is -0.118. The Morgan fingerprint density at radius 1 is 1.50 bits per heavy atom. The first-order valence-corrected chi connectivity index (χ1v) is 6.78. The minimum atomic E-state index is -0.423. The molecule has 1 saturated heterocycles. The Bertz CT molecular complexity index is 347. The predicted octanol–water partition coefficient (Wildman–Crippen LogP) is 2.61. The molecule has 102 valence electrons. The van der Waals surface area contributed by atoms with Crippen LogP contribution in [0.5, 0.6) is 0 Å². The van der Waals surface area contributed by atoms with Gasteiger partial charge in [-0.15, -0.1) is 0 Å². The molecule has 1 aliphatic carbocycles. The molecule has 1 spiro atoms. The molecular weight excluding hydrogens is 230 g/mol. The van der Waals surface area contributed by atoms with Crippen molar-refractivity contribution in [3.05, 3.63) is 0 Å². The number of hydrogen-bond donors (Lipinski definition) is 0. The normalized spacial score (nSPS) is 30.6. The SMILES string of the molecule is CC(C)(C)OC(=O)N1CCC2(CC2CCC=O)C1. The van der Waals surface area contributed by atoms with Gasteiger partial charge < -0.3 is 14.4 Å². The van der Waals surface area contributed by atoms with Crippen LogP contribution in [0, 0.1) is 11.3 Å². The van der Waals surface area contributed by atoms with Crippen molar-refractivity contribution < 1.29 is 14.3 Å². The molecule has 2 atom stereocenters. The van der Waals surface area contributed by atoms with Gasteiger partial charge in [0.1, 0.15) is 11.9 Å². The summed E-state index contributed by atoms with van der Waals surface area (Å²) in [6.45, 7) is 7.28. The molecule has 0 aromatic rings. The second-order valence-corrected chi connectivity index (χ2v) is 6.66. The van der Waals surface area contributed by atoms with Gasteiger partial charge in [-0.05, 0) is 51.4 Å². The number of hydrogen-bond acceptors (Lipinski definition) is 3. The molecule has 1 aliphatic heterocycles. The number of rotatable bonds is 3. The summed E-state index contributed by atoms with van der Waals surface area (Å²) in [4.78, 5) is 24.2. The predicted molar refractivity (Wildman–Crippen MR) is 68.3 cm³/mol. The maximum atomic E-state index is 11.9. The molecule has 1 amide bonds. The molecule has 1 heterocycles. The summed E-state index contributed by atoms with van der Waals surface area (Å²) in [6.07, 6.45) is 4.66. The first-order valence-electron chi connectivity index (χ1n) is 6.78. The van der Waals surface area contributed by atoms with Gasteiger partial charge >= 0.3 is 6.09 Å². The van der Waals surface area contributed by atoms with Crippen LogP contribution in [-0.2, 0) is 9.53 Å². The molecule has 0 bridgehead atoms. The van der Waals surface area contributed by atoms with Crippen LogP contribution < -0.4 is 0 Å². The van der Waals surface area contributed by atoms with Crippen LogP contribution in [0.15, 0.2) is 0 Å². The Morgan fingerprint density at radius 3 is 2.83 bits per heavy atom. The van der Waals surface area contributed by atoms with E-state index in [1.54, 1.807) is 0 Å². The van der Waals surface area contributed by atoms with Crippen molar-refractivity contribution in [1.82, 2.24) is 4.90 Å². The van der Waals surface area contributed by atoms with Crippen molar-refractivity contribution in [1.29, 1.82) is 0 Å². The Kier molecular flexibility index (Phi) is 3.39. The lowest BCUT2D eigenvalue weighted by Crippen LogP contribution is -2.35. The number of aldehydes is 1. The summed E-state index contributed by atoms with van der Waals surface area (Å²) in [5.74, 6) is 0.634. The molecule has 1 saturated carbocycles. The van der Waals surface area contributed by atoms with Crippen molar-refractivity contribution in [2.75, 3.05) is 13.1 Å². The molecule has 2 unspecified atom stereocenters. The fraction of sp³-hybridized carbons (Fsp3) is 0.857. The second kappa shape index (κ2) is 4.56. The third-order valence-electron chi connectivity index (χ3n) is 4.03. The molecule has 0 radical (unpaired) electrons. The number of likely N-dealkylation sites (tertiary alicyclic amines) is 1. The molecule has 2 rings (SSSR count). The van der Waals surface area contributed by atoms with Crippen LogP contribution in [-0.4, -0.2) is 36.0 Å². The van der Waals surface area contributed by atoms with E-state index in [4.69, 9.17) is 4.74 Å². The lowest BCUT2D eigenvalue weighted by atomic mass is 10.0. The fourth-order valence-electron chi connectivity index (χ4n) is 2.99. The monoisotopic (exact) mass is 253 g/mol. The minimum Gasteiger partial charge on any atom is -0.444 e. The van der Waals surface area contributed by atoms with Crippen molar-refractivity contribution in [3.8, 4) is 0 Å². The van der Waals surface area contributed by atoms with E-state index in [1.165, 1.54) is 6.42 Å². The maximum absolute atomic E-state index is 11.9. The van der Waals surface area contributed by atoms with Crippen LogP contribution in [0.2, 0.25) is 0 Å². The van der Waals surface area contributed by atoms with Crippen LogP contribution in [0.1, 0.15) is 46.5 Å². The van der Waals surface area contributed by atoms with E-state index in [2.05, 4.69) is 0 Å². The first-order chi connectivity index (χ1) is 8.36. The standard InChI is InChI=1S/C14H23NO3/c1-13(2,3)18-12(17)15-7-6-14(10-15)9-11(14)5-4-8-16/h8,11H,4-7,9-10H2,1-3H3. The van der Waals surface area contributed by atoms with Gasteiger partial charge in [0.05, 0.1) is 0 Å². The van der Waals surface area contributed by atoms with E-state index in [9.17, 15) is 9.59 Å². The van der Waals surface area contributed by atoms with Gasteiger partial charge in [-0.25, -0.2) is 4.79 Å². The van der Waals surface area contributed by atoms with Gasteiger partial charge in [0.25, 0.3) is 0 Å². The van der Waals surface area contributed by atoms with E-state index < -0.39 is 5.60 Å². The largest absolute Gasteiger partial charge is 0.444 e. The number of carbonyl (C=O) groups excluding carboxylic acids is 2. The van der Waals surface area contributed by atoms with Gasteiger partial charge in [0, 0.05) is 19.5 Å². The number of nitrogens with zero attached hydrogens (tertiary/aromatic N) is 1. The number of amides is 1. The van der Waals surface area contributed by atoms with Crippen LogP contribution in [0.25, 0.3) is 0 Å². The highest BCUT2D eigenvalue weighted by Crippen LogP contribution is 2.60. The van der Waals surface area contributed by atoms with Gasteiger partial charge in [0.2, 0.25) is 0 Å². The highest BCUT2D eigenvalue weighted by molar-refractivity contribution is 5.68. The summed E-state index contributed by atoms with van der Waals surface area (Å²) in [5, 5.41) is 0. The Balaban J connectivity index is 1.83. The summed E-state index contributed by atoms with van der Waals surface area (Å²) in [7, 11) is 0. The topological polar surface area (TPSA) is 46.6 Å². The zero-order valence-electron chi connectivity index (χ0n) is 11.6. The molecule has 18 heavy (non-hydrogen) atoms. The number of ether oxygens (including phenoxy) is 1. The first kappa shape index (κ1) is 13.4. The number of carbonyl (C=O) groups is 2. The van der Waals surface area contributed by atoms with E-state index in [0.29, 0.717) is 17.8 Å². The maximum Gasteiger partial charge on any atom is 0.410 e. The van der Waals surface area contributed by atoms with Gasteiger partial charge in [-0.2, -0.15) is 0 Å². The molecule has 4 heteroatoms. The van der Waals surface area contributed by atoms with Crippen LogP contribution in [0.4, 0.5) is 4.79 Å². The Hall–Kier alpha value is -1.06. The van der Waals surface area contributed by atoms with Gasteiger partial charge in [0.15, 0.2) is 0 Å². The second-order valence-electron chi connectivity index (χ2n) is 6.66. The average molecular weight is 253 g/mol. The van der Waals surface area contributed by atoms with E-state index >= 15 is 0 Å². The minimum absolute atomic E-state index is 0.194. The quantitative estimate of drug-likeness (QED) is 0.726. The third kappa shape index (κ3) is 2.85. The molecule has 0 aromatic heterocycles. The van der Waals surface area contributed by atoms with Crippen molar-refractivity contribution >= 4 is 12.4 Å². The van der Waals surface area contributed by atoms with Gasteiger partial charge in [-0.1, -0.05) is 0 Å². The summed E-state index contributed by atoms with van der Waals surface area (Å²) < 4.78 is 5.39. The zero-order valence-corrected chi connectivity index (χ0v) is 11.6. The Labute approximate surface area is 109 Å². The Morgan fingerprint density at radius 2 is 2.22 bits per heavy atom. The smallest absolute Gasteiger partial charge is 0.410 e. The molecular formula is C14H23NO3. The van der Waals surface area contributed by atoms with Gasteiger partial charge in [-0.3, -0.25) is 0 Å². The highest BCUT2D eigenvalue weighted by atomic mass is 16.6. The van der Waals surface area contributed by atoms with Crippen LogP contribution >= 0.6 is 0 Å². The summed E-state index contributed by atoms with van der Waals surface area (Å²) in [6, 6.07) is 0. The van der Waals surface area contributed by atoms with E-state index in [1.807, 2.05) is 25.7 Å². The van der Waals surface area contributed by atoms with Crippen molar-refractivity contribution in [3.63, 3.8) is 0 Å². The highest BCUT2D eigenvalue weighted by Gasteiger charge is 2.57. The average Bonchev–Trinajstić information content (AvgIpc) is 2.70. The van der Waals surface area contributed by atoms with E-state index in [0.717, 1.165) is 32.2 Å². The third-order valence-corrected chi connectivity index (χ3v) is 4.03. The molecule has 2 aliphatic rings. The zero-order chi connectivity index (χ0) is 13.4. The molecule has 0 N–H and O–H groups in total. The fourth-order valence-corrected chi connectivity index (χ4v) is 2.99. The lowest BCUT2D eigenvalue weighted by molar-refractivity contribution is -0.108. The van der Waals surface area contributed by atoms with Crippen LogP contribution in [0.3, 0.4) is 0 Å². The van der Waals surface area contributed by atoms with Crippen molar-refractivity contribution in [2.24, 2.45) is 11.3 Å².